The molecule has 0 fully saturated rings. The van der Waals surface area contributed by atoms with E-state index in [0.717, 1.165) is 29.6 Å². The zero-order chi connectivity index (χ0) is 41.4. The van der Waals surface area contributed by atoms with Gasteiger partial charge in [0.15, 0.2) is 0 Å². The van der Waals surface area contributed by atoms with Crippen LogP contribution in [0.1, 0.15) is 308 Å². The van der Waals surface area contributed by atoms with Crippen molar-refractivity contribution in [3.8, 4) is 0 Å². The van der Waals surface area contributed by atoms with Crippen molar-refractivity contribution >= 4 is 0 Å². The Morgan fingerprint density at radius 1 is 0.309 bits per heavy atom. The van der Waals surface area contributed by atoms with Crippen molar-refractivity contribution in [2.45, 2.75) is 308 Å². The average Bonchev–Trinajstić information content (AvgIpc) is 3.13. The molecule has 0 saturated heterocycles. The molecule has 4 atom stereocenters. The van der Waals surface area contributed by atoms with Gasteiger partial charge in [0.1, 0.15) is 0 Å². The summed E-state index contributed by atoms with van der Waals surface area (Å²) in [7, 11) is 0. The highest BCUT2D eigenvalue weighted by molar-refractivity contribution is 5.03. The van der Waals surface area contributed by atoms with Crippen molar-refractivity contribution in [1.82, 2.24) is 0 Å². The Labute approximate surface area is 352 Å². The minimum absolute atomic E-state index is 0.455. The molecule has 0 amide bonds. The molecular formula is C55H112. The van der Waals surface area contributed by atoms with Crippen LogP contribution in [0.3, 0.4) is 0 Å². The van der Waals surface area contributed by atoms with Gasteiger partial charge in [0.05, 0.1) is 0 Å². The molecule has 0 N–H and O–H groups in total. The van der Waals surface area contributed by atoms with E-state index in [2.05, 4.69) is 90.0 Å². The highest BCUT2D eigenvalue weighted by Gasteiger charge is 2.53. The van der Waals surface area contributed by atoms with Crippen LogP contribution in [0.15, 0.2) is 0 Å². The van der Waals surface area contributed by atoms with Gasteiger partial charge in [0.25, 0.3) is 0 Å². The summed E-state index contributed by atoms with van der Waals surface area (Å²) in [4.78, 5) is 0. The van der Waals surface area contributed by atoms with Gasteiger partial charge in [0.2, 0.25) is 0 Å². The third-order valence-electron chi connectivity index (χ3n) is 15.0. The maximum Gasteiger partial charge on any atom is -0.0218 e. The minimum Gasteiger partial charge on any atom is -0.0654 e. The molecule has 0 aromatic heterocycles. The second-order valence-corrected chi connectivity index (χ2v) is 21.5. The van der Waals surface area contributed by atoms with Gasteiger partial charge in [-0.1, -0.05) is 251 Å². The number of rotatable bonds is 41. The van der Waals surface area contributed by atoms with E-state index in [-0.39, 0.29) is 0 Å². The summed E-state index contributed by atoms with van der Waals surface area (Å²) in [5.41, 5.74) is 1.42. The first-order valence-electron chi connectivity index (χ1n) is 26.4. The summed E-state index contributed by atoms with van der Waals surface area (Å²) in [6.45, 7) is 32.7. The van der Waals surface area contributed by atoms with Crippen LogP contribution >= 0.6 is 0 Å². The number of hydrogen-bond donors (Lipinski definition) is 0. The Balaban J connectivity index is 7.82. The Kier molecular flexibility index (Phi) is 33.8. The lowest BCUT2D eigenvalue weighted by atomic mass is 9.46. The zero-order valence-corrected chi connectivity index (χ0v) is 41.4. The molecular weight excluding hydrogens is 661 g/mol. The SMILES string of the molecule is CCCCCCCCC(CCCCC(C)C)(C(C)C)C(CCCCCCC)(CCCC(C)C)CC(CCCC)C(CCCCC)(CCCCCC)CC(C)C. The molecule has 332 valence electrons. The van der Waals surface area contributed by atoms with Crippen molar-refractivity contribution in [2.24, 2.45) is 45.8 Å². The number of unbranched alkanes of at least 4 members (excludes halogenated alkanes) is 16. The molecule has 0 rings (SSSR count). The molecule has 0 bridgehead atoms. The van der Waals surface area contributed by atoms with E-state index < -0.39 is 0 Å². The minimum atomic E-state index is 0.455. The molecule has 0 heteroatoms. The monoisotopic (exact) mass is 773 g/mol. The van der Waals surface area contributed by atoms with E-state index in [4.69, 9.17) is 0 Å². The molecule has 4 unspecified atom stereocenters. The maximum absolute atomic E-state index is 2.74. The summed E-state index contributed by atoms with van der Waals surface area (Å²) in [6, 6.07) is 0. The Bertz CT molecular complexity index is 805. The fourth-order valence-corrected chi connectivity index (χ4v) is 11.9. The summed E-state index contributed by atoms with van der Waals surface area (Å²) in [6.07, 6.45) is 49.2. The van der Waals surface area contributed by atoms with Crippen LogP contribution in [0.4, 0.5) is 0 Å². The van der Waals surface area contributed by atoms with Crippen LogP contribution in [0, 0.1) is 45.8 Å². The lowest BCUT2D eigenvalue weighted by molar-refractivity contribution is -0.0877. The topological polar surface area (TPSA) is 0 Å². The third kappa shape index (κ3) is 22.8. The molecule has 0 heterocycles. The Morgan fingerprint density at radius 2 is 0.691 bits per heavy atom. The van der Waals surface area contributed by atoms with Crippen molar-refractivity contribution in [3.63, 3.8) is 0 Å². The predicted octanol–water partition coefficient (Wildman–Crippen LogP) is 20.5. The Hall–Kier alpha value is 0. The predicted molar refractivity (Wildman–Crippen MR) is 255 cm³/mol. The van der Waals surface area contributed by atoms with E-state index in [1.54, 1.807) is 6.42 Å². The van der Waals surface area contributed by atoms with Gasteiger partial charge >= 0.3 is 0 Å². The molecule has 0 aromatic rings. The summed E-state index contributed by atoms with van der Waals surface area (Å²) in [5.74, 6) is 4.06. The van der Waals surface area contributed by atoms with Crippen LogP contribution in [-0.2, 0) is 0 Å². The lowest BCUT2D eigenvalue weighted by Crippen LogP contribution is -2.49. The van der Waals surface area contributed by atoms with Gasteiger partial charge in [-0.05, 0) is 104 Å². The van der Waals surface area contributed by atoms with Gasteiger partial charge in [-0.3, -0.25) is 0 Å². The first-order chi connectivity index (χ1) is 26.4. The standard InChI is InChI=1S/C55H112/c1-14-19-24-27-29-34-44-55(51(12)13,45-35-30-37-48(6)7)54(43-36-38-49(8)9,42-33-28-25-20-15-2)47-52(39-23-18-5)53(46-50(10)11,40-31-22-17-4)41-32-26-21-16-3/h48-52H,14-47H2,1-13H3. The van der Waals surface area contributed by atoms with E-state index in [0.29, 0.717) is 16.2 Å². The van der Waals surface area contributed by atoms with Crippen molar-refractivity contribution in [1.29, 1.82) is 0 Å². The maximum atomic E-state index is 2.74. The van der Waals surface area contributed by atoms with Gasteiger partial charge in [0, 0.05) is 0 Å². The van der Waals surface area contributed by atoms with Gasteiger partial charge < -0.3 is 0 Å². The van der Waals surface area contributed by atoms with Crippen LogP contribution < -0.4 is 0 Å². The molecule has 0 saturated carbocycles. The van der Waals surface area contributed by atoms with Crippen LogP contribution in [0.2, 0.25) is 0 Å². The molecule has 0 nitrogen and oxygen atoms in total. The van der Waals surface area contributed by atoms with Crippen molar-refractivity contribution < 1.29 is 0 Å². The quantitative estimate of drug-likeness (QED) is 0.0543. The molecule has 0 aliphatic heterocycles. The number of hydrogen-bond acceptors (Lipinski definition) is 0. The van der Waals surface area contributed by atoms with Gasteiger partial charge in [-0.2, -0.15) is 0 Å². The second-order valence-electron chi connectivity index (χ2n) is 21.5. The zero-order valence-electron chi connectivity index (χ0n) is 41.4. The van der Waals surface area contributed by atoms with E-state index >= 15 is 0 Å². The molecule has 0 radical (unpaired) electrons. The fraction of sp³-hybridized carbons (Fsp3) is 1.00. The van der Waals surface area contributed by atoms with E-state index in [1.165, 1.54) is 212 Å². The smallest absolute Gasteiger partial charge is 0.0218 e. The largest absolute Gasteiger partial charge is 0.0654 e. The Morgan fingerprint density at radius 3 is 1.18 bits per heavy atom. The molecule has 0 aliphatic carbocycles. The van der Waals surface area contributed by atoms with Crippen molar-refractivity contribution in [2.75, 3.05) is 0 Å². The normalized spacial score (nSPS) is 16.3. The highest BCUT2D eigenvalue weighted by atomic mass is 14.6. The van der Waals surface area contributed by atoms with Crippen LogP contribution in [0.25, 0.3) is 0 Å². The van der Waals surface area contributed by atoms with Crippen LogP contribution in [-0.4, -0.2) is 0 Å². The molecule has 0 spiro atoms. The molecule has 55 heavy (non-hydrogen) atoms. The molecule has 0 aliphatic rings. The third-order valence-corrected chi connectivity index (χ3v) is 15.0. The summed E-state index contributed by atoms with van der Waals surface area (Å²) in [5, 5.41) is 0. The first kappa shape index (κ1) is 55.0. The van der Waals surface area contributed by atoms with E-state index in [1.807, 2.05) is 0 Å². The first-order valence-corrected chi connectivity index (χ1v) is 26.4. The highest BCUT2D eigenvalue weighted by Crippen LogP contribution is 2.63. The molecule has 0 aromatic carbocycles. The van der Waals surface area contributed by atoms with E-state index in [9.17, 15) is 0 Å². The van der Waals surface area contributed by atoms with Gasteiger partial charge in [-0.15, -0.1) is 0 Å². The summed E-state index contributed by atoms with van der Waals surface area (Å²) >= 11 is 0. The summed E-state index contributed by atoms with van der Waals surface area (Å²) < 4.78 is 0. The van der Waals surface area contributed by atoms with Crippen LogP contribution in [0.5, 0.6) is 0 Å². The fourth-order valence-electron chi connectivity index (χ4n) is 11.9. The lowest BCUT2D eigenvalue weighted by Gasteiger charge is -2.58. The van der Waals surface area contributed by atoms with Gasteiger partial charge in [-0.25, -0.2) is 0 Å². The second kappa shape index (κ2) is 33.8. The average molecular weight is 774 g/mol. The van der Waals surface area contributed by atoms with Crippen molar-refractivity contribution in [3.05, 3.63) is 0 Å².